The van der Waals surface area contributed by atoms with Gasteiger partial charge in [-0.3, -0.25) is 24.8 Å². The highest BCUT2D eigenvalue weighted by atomic mass is 19.3. The van der Waals surface area contributed by atoms with Crippen molar-refractivity contribution >= 4 is 23.7 Å². The summed E-state index contributed by atoms with van der Waals surface area (Å²) in [5, 5.41) is 10.8. The molecule has 3 aromatic heterocycles. The summed E-state index contributed by atoms with van der Waals surface area (Å²) in [4.78, 5) is 22.6. The smallest absolute Gasteiger partial charge is 0.276 e. The van der Waals surface area contributed by atoms with E-state index in [-0.39, 0.29) is 30.3 Å². The molecule has 0 spiro atoms. The van der Waals surface area contributed by atoms with Crippen LogP contribution in [0.5, 0.6) is 0 Å². The number of carbonyl (C=O) groups excluding carboxylic acids is 1. The molecule has 33 heavy (non-hydrogen) atoms. The lowest BCUT2D eigenvalue weighted by Crippen LogP contribution is -2.32. The van der Waals surface area contributed by atoms with Crippen LogP contribution in [0.3, 0.4) is 0 Å². The van der Waals surface area contributed by atoms with Crippen molar-refractivity contribution in [2.75, 3.05) is 18.4 Å². The Labute approximate surface area is 187 Å². The van der Waals surface area contributed by atoms with Crippen molar-refractivity contribution in [3.8, 4) is 0 Å². The molecular formula is C23H21F3N6O. The molecule has 1 aliphatic heterocycles. The molecule has 0 radical (unpaired) electrons. The monoisotopic (exact) mass is 454 g/mol. The molecule has 1 aliphatic carbocycles. The van der Waals surface area contributed by atoms with Gasteiger partial charge in [-0.2, -0.15) is 5.10 Å². The Morgan fingerprint density at radius 3 is 2.94 bits per heavy atom. The lowest BCUT2D eigenvalue weighted by Gasteiger charge is -2.18. The first-order valence-corrected chi connectivity index (χ1v) is 10.6. The Kier molecular flexibility index (Phi) is 5.45. The van der Waals surface area contributed by atoms with Crippen LogP contribution >= 0.6 is 0 Å². The van der Waals surface area contributed by atoms with E-state index in [1.165, 1.54) is 12.4 Å². The highest BCUT2D eigenvalue weighted by Crippen LogP contribution is 2.29. The van der Waals surface area contributed by atoms with Crippen LogP contribution in [-0.2, 0) is 6.54 Å². The van der Waals surface area contributed by atoms with Gasteiger partial charge in [0.25, 0.3) is 11.8 Å². The predicted molar refractivity (Wildman–Crippen MR) is 115 cm³/mol. The van der Waals surface area contributed by atoms with Crippen LogP contribution < -0.4 is 15.9 Å². The summed E-state index contributed by atoms with van der Waals surface area (Å²) >= 11 is 0. The third kappa shape index (κ3) is 4.51. The summed E-state index contributed by atoms with van der Waals surface area (Å²) in [6.07, 6.45) is 10.4. The molecule has 170 valence electrons. The molecule has 0 bridgehead atoms. The van der Waals surface area contributed by atoms with E-state index in [1.807, 2.05) is 18.2 Å². The summed E-state index contributed by atoms with van der Waals surface area (Å²) in [5.74, 6) is -3.84. The van der Waals surface area contributed by atoms with Crippen LogP contribution in [0.2, 0.25) is 0 Å². The molecular weight excluding hydrogens is 433 g/mol. The summed E-state index contributed by atoms with van der Waals surface area (Å²) in [6.45, 7) is 0.526. The van der Waals surface area contributed by atoms with Gasteiger partial charge in [0.1, 0.15) is 5.82 Å². The number of nitrogens with one attached hydrogen (secondary N) is 2. The molecule has 0 aromatic carbocycles. The van der Waals surface area contributed by atoms with Gasteiger partial charge in [-0.15, -0.1) is 0 Å². The molecule has 4 heterocycles. The number of fused-ring (bicyclic) bond motifs is 1. The summed E-state index contributed by atoms with van der Waals surface area (Å²) in [7, 11) is 0. The minimum atomic E-state index is -2.63. The van der Waals surface area contributed by atoms with Crippen LogP contribution in [0, 0.1) is 5.82 Å². The number of aromatic nitrogens is 4. The fraction of sp³-hybridized carbons (Fsp3) is 0.304. The maximum absolute atomic E-state index is 13.9. The van der Waals surface area contributed by atoms with Crippen molar-refractivity contribution in [1.29, 1.82) is 0 Å². The van der Waals surface area contributed by atoms with Gasteiger partial charge in [0, 0.05) is 49.2 Å². The minimum absolute atomic E-state index is 0.0278. The lowest BCUT2D eigenvalue weighted by molar-refractivity contribution is 0.0115. The molecule has 1 amide bonds. The number of halogens is 3. The number of rotatable bonds is 5. The average molecular weight is 454 g/mol. The van der Waals surface area contributed by atoms with E-state index in [9.17, 15) is 18.0 Å². The fourth-order valence-corrected chi connectivity index (χ4v) is 4.26. The second-order valence-corrected chi connectivity index (χ2v) is 8.37. The van der Waals surface area contributed by atoms with E-state index in [4.69, 9.17) is 0 Å². The number of H-pyrrole nitrogens is 1. The largest absolute Gasteiger partial charge is 0.317 e. The summed E-state index contributed by atoms with van der Waals surface area (Å²) < 4.78 is 40.9. The van der Waals surface area contributed by atoms with E-state index >= 15 is 0 Å². The number of hydrogen-bond acceptors (Lipinski definition) is 5. The third-order valence-electron chi connectivity index (χ3n) is 5.91. The summed E-state index contributed by atoms with van der Waals surface area (Å²) in [6, 6.07) is 3.13. The van der Waals surface area contributed by atoms with E-state index in [1.54, 1.807) is 17.3 Å². The van der Waals surface area contributed by atoms with E-state index in [2.05, 4.69) is 25.5 Å². The second kappa shape index (κ2) is 8.43. The quantitative estimate of drug-likeness (QED) is 0.617. The Morgan fingerprint density at radius 2 is 2.15 bits per heavy atom. The van der Waals surface area contributed by atoms with Crippen LogP contribution in [0.1, 0.15) is 40.4 Å². The number of aromatic amines is 1. The van der Waals surface area contributed by atoms with Crippen molar-refractivity contribution in [3.63, 3.8) is 0 Å². The predicted octanol–water partition coefficient (Wildman–Crippen LogP) is 2.18. The summed E-state index contributed by atoms with van der Waals surface area (Å²) in [5.41, 5.74) is 1.91. The third-order valence-corrected chi connectivity index (χ3v) is 5.91. The molecule has 1 saturated heterocycles. The number of likely N-dealkylation sites (tertiary alicyclic amines) is 1. The molecule has 5 rings (SSSR count). The Hall–Kier alpha value is -3.53. The molecule has 1 unspecified atom stereocenters. The zero-order chi connectivity index (χ0) is 23.0. The van der Waals surface area contributed by atoms with E-state index in [0.29, 0.717) is 30.1 Å². The maximum atomic E-state index is 13.9. The van der Waals surface area contributed by atoms with Crippen molar-refractivity contribution in [2.24, 2.45) is 0 Å². The van der Waals surface area contributed by atoms with Gasteiger partial charge in [0.15, 0.2) is 5.69 Å². The number of anilines is 1. The average Bonchev–Trinajstić information content (AvgIpc) is 3.37. The number of amides is 1. The Balaban J connectivity index is 1.38. The highest BCUT2D eigenvalue weighted by molar-refractivity contribution is 6.03. The first-order chi connectivity index (χ1) is 15.9. The van der Waals surface area contributed by atoms with Gasteiger partial charge in [0.05, 0.1) is 23.8 Å². The molecule has 7 nitrogen and oxygen atoms in total. The number of hydrogen-bond donors (Lipinski definition) is 2. The lowest BCUT2D eigenvalue weighted by atomic mass is 9.92. The van der Waals surface area contributed by atoms with Crippen molar-refractivity contribution in [1.82, 2.24) is 25.1 Å². The van der Waals surface area contributed by atoms with Gasteiger partial charge < -0.3 is 5.32 Å². The number of alkyl halides is 2. The first-order valence-electron chi connectivity index (χ1n) is 10.6. The van der Waals surface area contributed by atoms with Crippen LogP contribution in [0.25, 0.3) is 12.2 Å². The number of carbonyl (C=O) groups is 1. The van der Waals surface area contributed by atoms with E-state index in [0.717, 1.165) is 17.2 Å². The topological polar surface area (TPSA) is 86.8 Å². The molecule has 1 fully saturated rings. The Bertz CT molecular complexity index is 1320. The van der Waals surface area contributed by atoms with Gasteiger partial charge in [-0.25, -0.2) is 13.2 Å². The molecule has 2 N–H and O–H groups in total. The van der Waals surface area contributed by atoms with Gasteiger partial charge in [-0.05, 0) is 23.6 Å². The normalized spacial score (nSPS) is 19.4. The Morgan fingerprint density at radius 1 is 1.27 bits per heavy atom. The fourth-order valence-electron chi connectivity index (χ4n) is 4.26. The van der Waals surface area contributed by atoms with Crippen LogP contribution in [0.15, 0.2) is 36.9 Å². The molecule has 3 aromatic rings. The molecule has 10 heteroatoms. The zero-order valence-corrected chi connectivity index (χ0v) is 17.6. The number of nitrogens with zero attached hydrogens (tertiary/aromatic N) is 4. The van der Waals surface area contributed by atoms with Crippen molar-refractivity contribution < 1.29 is 18.0 Å². The number of pyridine rings is 2. The first kappa shape index (κ1) is 21.3. The van der Waals surface area contributed by atoms with Crippen molar-refractivity contribution in [3.05, 3.63) is 70.1 Å². The standard InChI is InChI=1S/C23H21F3N6O/c24-18-3-5-27-11-20(18)29-22(33)21-17-8-15(1-2-19(17)30-31-21)16-7-14(9-28-10-16)12-32-6-4-23(25,26)13-32/h2-3,5,7-11,15,30H,1,4,6,12-13H2,(H,29,33). The zero-order valence-electron chi connectivity index (χ0n) is 17.6. The van der Waals surface area contributed by atoms with Gasteiger partial charge in [-0.1, -0.05) is 18.2 Å². The van der Waals surface area contributed by atoms with Crippen LogP contribution in [0.4, 0.5) is 18.9 Å². The van der Waals surface area contributed by atoms with Gasteiger partial charge in [0.2, 0.25) is 0 Å². The van der Waals surface area contributed by atoms with Gasteiger partial charge >= 0.3 is 0 Å². The molecule has 0 saturated carbocycles. The maximum Gasteiger partial charge on any atom is 0.276 e. The second-order valence-electron chi connectivity index (χ2n) is 8.37. The van der Waals surface area contributed by atoms with Crippen molar-refractivity contribution in [2.45, 2.75) is 31.2 Å². The van der Waals surface area contributed by atoms with E-state index < -0.39 is 17.6 Å². The highest BCUT2D eigenvalue weighted by Gasteiger charge is 2.37. The molecule has 2 aliphatic rings. The SMILES string of the molecule is O=C(Nc1cnccc1F)c1n[nH]c2c1=CC(c1cncc(CN3CCC(F)(F)C3)c1)CC=2. The minimum Gasteiger partial charge on any atom is -0.317 e. The molecule has 1 atom stereocenters. The van der Waals surface area contributed by atoms with Crippen LogP contribution in [-0.4, -0.2) is 50.0 Å².